The van der Waals surface area contributed by atoms with Gasteiger partial charge in [-0.05, 0) is 42.3 Å². The molecule has 156 valence electrons. The van der Waals surface area contributed by atoms with Gasteiger partial charge in [0, 0.05) is 58.2 Å². The van der Waals surface area contributed by atoms with Gasteiger partial charge in [0.05, 0.1) is 0 Å². The van der Waals surface area contributed by atoms with Gasteiger partial charge in [-0.15, -0.1) is 24.0 Å². The van der Waals surface area contributed by atoms with Crippen LogP contribution in [0.1, 0.15) is 18.1 Å². The first-order chi connectivity index (χ1) is 13.8. The third-order valence-electron chi connectivity index (χ3n) is 5.76. The van der Waals surface area contributed by atoms with Crippen molar-refractivity contribution >= 4 is 41.4 Å². The molecule has 0 saturated carbocycles. The van der Waals surface area contributed by atoms with Gasteiger partial charge in [-0.25, -0.2) is 4.98 Å². The monoisotopic (exact) mass is 506 g/mol. The van der Waals surface area contributed by atoms with Crippen molar-refractivity contribution in [3.8, 4) is 0 Å². The second-order valence-corrected chi connectivity index (χ2v) is 7.37. The highest BCUT2D eigenvalue weighted by atomic mass is 127. The van der Waals surface area contributed by atoms with Crippen LogP contribution in [-0.4, -0.2) is 62.2 Å². The summed E-state index contributed by atoms with van der Waals surface area (Å²) in [6.45, 7) is 9.39. The van der Waals surface area contributed by atoms with Crippen LogP contribution in [0.25, 0.3) is 0 Å². The Kier molecular flexibility index (Phi) is 7.71. The van der Waals surface area contributed by atoms with Crippen LogP contribution >= 0.6 is 24.0 Å². The molecule has 6 nitrogen and oxygen atoms in total. The van der Waals surface area contributed by atoms with E-state index in [0.717, 1.165) is 64.0 Å². The maximum absolute atomic E-state index is 4.61. The van der Waals surface area contributed by atoms with E-state index < -0.39 is 0 Å². The minimum Gasteiger partial charge on any atom is -0.354 e. The number of fused-ring (bicyclic) bond motifs is 1. The molecule has 3 heterocycles. The predicted molar refractivity (Wildman–Crippen MR) is 132 cm³/mol. The molecule has 7 heteroatoms. The normalized spacial score (nSPS) is 17.1. The molecule has 1 aromatic carbocycles. The lowest BCUT2D eigenvalue weighted by atomic mass is 10.2. The van der Waals surface area contributed by atoms with Crippen LogP contribution in [0.3, 0.4) is 0 Å². The summed E-state index contributed by atoms with van der Waals surface area (Å²) in [4.78, 5) is 16.3. The first-order valence-corrected chi connectivity index (χ1v) is 10.3. The van der Waals surface area contributed by atoms with Crippen LogP contribution in [0.4, 0.5) is 11.5 Å². The number of pyridine rings is 1. The average molecular weight is 506 g/mol. The van der Waals surface area contributed by atoms with Crippen molar-refractivity contribution in [2.75, 3.05) is 56.1 Å². The Labute approximate surface area is 191 Å². The van der Waals surface area contributed by atoms with E-state index in [9.17, 15) is 0 Å². The summed E-state index contributed by atoms with van der Waals surface area (Å²) in [7, 11) is 1.86. The van der Waals surface area contributed by atoms with Gasteiger partial charge >= 0.3 is 0 Å². The summed E-state index contributed by atoms with van der Waals surface area (Å²) < 4.78 is 0. The molecule has 1 N–H and O–H groups in total. The van der Waals surface area contributed by atoms with E-state index in [4.69, 9.17) is 0 Å². The Morgan fingerprint density at radius 3 is 2.66 bits per heavy atom. The largest absolute Gasteiger partial charge is 0.354 e. The number of hydrogen-bond donors (Lipinski definition) is 1. The van der Waals surface area contributed by atoms with E-state index in [1.165, 1.54) is 16.8 Å². The van der Waals surface area contributed by atoms with Gasteiger partial charge in [-0.3, -0.25) is 4.99 Å². The van der Waals surface area contributed by atoms with E-state index in [1.807, 2.05) is 13.2 Å². The van der Waals surface area contributed by atoms with Crippen molar-refractivity contribution in [2.24, 2.45) is 4.99 Å². The van der Waals surface area contributed by atoms with Crippen LogP contribution in [0.2, 0.25) is 0 Å². The van der Waals surface area contributed by atoms with Crippen molar-refractivity contribution < 1.29 is 0 Å². The summed E-state index contributed by atoms with van der Waals surface area (Å²) in [5.41, 5.74) is 3.89. The van der Waals surface area contributed by atoms with Gasteiger partial charge < -0.3 is 20.0 Å². The van der Waals surface area contributed by atoms with Crippen LogP contribution in [0, 0.1) is 0 Å². The number of anilines is 2. The van der Waals surface area contributed by atoms with E-state index >= 15 is 0 Å². The summed E-state index contributed by atoms with van der Waals surface area (Å²) >= 11 is 0. The Hall–Kier alpha value is -1.87. The lowest BCUT2D eigenvalue weighted by molar-refractivity contribution is 0.270. The van der Waals surface area contributed by atoms with Crippen molar-refractivity contribution in [3.63, 3.8) is 0 Å². The zero-order valence-electron chi connectivity index (χ0n) is 17.3. The molecule has 0 radical (unpaired) electrons. The fourth-order valence-electron chi connectivity index (χ4n) is 4.07. The zero-order valence-corrected chi connectivity index (χ0v) is 19.7. The number of rotatable bonds is 4. The first kappa shape index (κ1) is 21.8. The van der Waals surface area contributed by atoms with Crippen LogP contribution in [0.5, 0.6) is 0 Å². The molecule has 1 saturated heterocycles. The fraction of sp³-hybridized carbons (Fsp3) is 0.455. The number of likely N-dealkylation sites (N-methyl/N-ethyl adjacent to an activating group) is 1. The van der Waals surface area contributed by atoms with Gasteiger partial charge in [0.15, 0.2) is 5.96 Å². The third-order valence-corrected chi connectivity index (χ3v) is 5.76. The molecular weight excluding hydrogens is 475 g/mol. The van der Waals surface area contributed by atoms with Gasteiger partial charge in [0.25, 0.3) is 0 Å². The molecule has 2 aliphatic rings. The predicted octanol–water partition coefficient (Wildman–Crippen LogP) is 2.98. The molecule has 4 rings (SSSR count). The number of halogens is 1. The molecule has 2 aromatic rings. The molecule has 0 atom stereocenters. The zero-order chi connectivity index (χ0) is 19.3. The minimum absolute atomic E-state index is 0. The number of nitrogens with zero attached hydrogens (tertiary/aromatic N) is 5. The quantitative estimate of drug-likeness (QED) is 0.393. The molecule has 2 aliphatic heterocycles. The topological polar surface area (TPSA) is 47.0 Å². The van der Waals surface area contributed by atoms with Crippen LogP contribution in [0.15, 0.2) is 47.6 Å². The smallest absolute Gasteiger partial charge is 0.198 e. The van der Waals surface area contributed by atoms with E-state index in [0.29, 0.717) is 0 Å². The lowest BCUT2D eigenvalue weighted by Crippen LogP contribution is -2.46. The number of aromatic nitrogens is 1. The molecule has 29 heavy (non-hydrogen) atoms. The second kappa shape index (κ2) is 10.2. The van der Waals surface area contributed by atoms with Crippen LogP contribution in [-0.2, 0) is 13.0 Å². The third kappa shape index (κ3) is 5.01. The lowest BCUT2D eigenvalue weighted by Gasteiger charge is -2.34. The standard InChI is InChI=1S/C22H30N6.HI/c1-3-26-12-14-27(15-13-26)21-16-18(8-10-24-21)17-25-22(23-2)28-11-9-19-6-4-5-7-20(19)28;/h4-8,10,16H,3,9,11-15,17H2,1-2H3,(H,23,25);1H. The van der Waals surface area contributed by atoms with E-state index in [2.05, 4.69) is 73.3 Å². The van der Waals surface area contributed by atoms with E-state index in [-0.39, 0.29) is 24.0 Å². The van der Waals surface area contributed by atoms with Crippen molar-refractivity contribution in [1.82, 2.24) is 15.2 Å². The molecule has 1 aromatic heterocycles. The number of benzene rings is 1. The Morgan fingerprint density at radius 2 is 1.90 bits per heavy atom. The maximum atomic E-state index is 4.61. The molecule has 0 bridgehead atoms. The fourth-order valence-corrected chi connectivity index (χ4v) is 4.07. The summed E-state index contributed by atoms with van der Waals surface area (Å²) in [6, 6.07) is 12.9. The number of aliphatic imine (C=N–C) groups is 1. The molecule has 0 spiro atoms. The van der Waals surface area contributed by atoms with Crippen molar-refractivity contribution in [3.05, 3.63) is 53.7 Å². The molecule has 0 unspecified atom stereocenters. The van der Waals surface area contributed by atoms with Crippen LogP contribution < -0.4 is 15.1 Å². The molecule has 1 fully saturated rings. The Balaban J connectivity index is 0.00000240. The molecular formula is C22H31IN6. The Bertz CT molecular complexity index is 832. The summed E-state index contributed by atoms with van der Waals surface area (Å²) in [6.07, 6.45) is 2.99. The second-order valence-electron chi connectivity index (χ2n) is 7.37. The SMILES string of the molecule is CCN1CCN(c2cc(CNC(=NC)N3CCc4ccccc43)ccn2)CC1.I. The molecule has 0 aliphatic carbocycles. The van der Waals surface area contributed by atoms with Gasteiger partial charge in [0.1, 0.15) is 5.82 Å². The average Bonchev–Trinajstić information content (AvgIpc) is 3.19. The highest BCUT2D eigenvalue weighted by molar-refractivity contribution is 14.0. The van der Waals surface area contributed by atoms with Gasteiger partial charge in [-0.1, -0.05) is 25.1 Å². The number of hydrogen-bond acceptors (Lipinski definition) is 4. The summed E-state index contributed by atoms with van der Waals surface area (Å²) in [5.74, 6) is 2.01. The number of guanidine groups is 1. The minimum atomic E-state index is 0. The van der Waals surface area contributed by atoms with Crippen molar-refractivity contribution in [1.29, 1.82) is 0 Å². The number of para-hydroxylation sites is 1. The summed E-state index contributed by atoms with van der Waals surface area (Å²) in [5, 5.41) is 3.54. The number of piperazine rings is 1. The highest BCUT2D eigenvalue weighted by Gasteiger charge is 2.22. The highest BCUT2D eigenvalue weighted by Crippen LogP contribution is 2.27. The maximum Gasteiger partial charge on any atom is 0.198 e. The first-order valence-electron chi connectivity index (χ1n) is 10.3. The van der Waals surface area contributed by atoms with Gasteiger partial charge in [-0.2, -0.15) is 0 Å². The molecule has 0 amide bonds. The Morgan fingerprint density at radius 1 is 1.10 bits per heavy atom. The number of nitrogens with one attached hydrogen (secondary N) is 1. The van der Waals surface area contributed by atoms with Crippen molar-refractivity contribution in [2.45, 2.75) is 19.9 Å². The van der Waals surface area contributed by atoms with Gasteiger partial charge in [0.2, 0.25) is 0 Å². The van der Waals surface area contributed by atoms with E-state index in [1.54, 1.807) is 0 Å².